The SMILES string of the molecule is CN1C(=O)[C@@H](CC(=O)Nc2ccc(F)cc2)SC1=Nc1ccccc1. The number of carbonyl (C=O) groups excluding carboxylic acids is 2. The zero-order valence-corrected chi connectivity index (χ0v) is 14.3. The highest BCUT2D eigenvalue weighted by Gasteiger charge is 2.36. The average molecular weight is 357 g/mol. The Morgan fingerprint density at radius 2 is 1.88 bits per heavy atom. The van der Waals surface area contributed by atoms with Gasteiger partial charge in [0, 0.05) is 19.2 Å². The largest absolute Gasteiger partial charge is 0.326 e. The Morgan fingerprint density at radius 3 is 2.56 bits per heavy atom. The summed E-state index contributed by atoms with van der Waals surface area (Å²) in [6, 6.07) is 14.8. The molecule has 1 saturated heterocycles. The normalized spacial score (nSPS) is 18.6. The quantitative estimate of drug-likeness (QED) is 0.912. The molecule has 0 bridgehead atoms. The summed E-state index contributed by atoms with van der Waals surface area (Å²) in [7, 11) is 1.65. The van der Waals surface area contributed by atoms with Gasteiger partial charge >= 0.3 is 0 Å². The fraction of sp³-hybridized carbons (Fsp3) is 0.167. The maximum atomic E-state index is 12.9. The third-order valence-electron chi connectivity index (χ3n) is 3.62. The van der Waals surface area contributed by atoms with Gasteiger partial charge in [-0.3, -0.25) is 14.5 Å². The van der Waals surface area contributed by atoms with Crippen LogP contribution in [-0.2, 0) is 9.59 Å². The van der Waals surface area contributed by atoms with E-state index in [0.717, 1.165) is 5.69 Å². The summed E-state index contributed by atoms with van der Waals surface area (Å²) < 4.78 is 12.9. The molecule has 1 N–H and O–H groups in total. The van der Waals surface area contributed by atoms with Crippen molar-refractivity contribution in [3.8, 4) is 0 Å². The topological polar surface area (TPSA) is 61.8 Å². The number of halogens is 1. The van der Waals surface area contributed by atoms with Crippen LogP contribution in [0.1, 0.15) is 6.42 Å². The Hall–Kier alpha value is -2.67. The molecule has 25 heavy (non-hydrogen) atoms. The third-order valence-corrected chi connectivity index (χ3v) is 4.85. The number of para-hydroxylation sites is 1. The Balaban J connectivity index is 1.65. The molecule has 5 nitrogen and oxygen atoms in total. The van der Waals surface area contributed by atoms with E-state index in [2.05, 4.69) is 10.3 Å². The number of amidine groups is 1. The monoisotopic (exact) mass is 357 g/mol. The van der Waals surface area contributed by atoms with Gasteiger partial charge in [-0.2, -0.15) is 0 Å². The first-order valence-electron chi connectivity index (χ1n) is 7.66. The number of rotatable bonds is 4. The highest BCUT2D eigenvalue weighted by atomic mass is 32.2. The Morgan fingerprint density at radius 1 is 1.20 bits per heavy atom. The number of hydrogen-bond donors (Lipinski definition) is 1. The van der Waals surface area contributed by atoms with Gasteiger partial charge in [0.25, 0.3) is 0 Å². The lowest BCUT2D eigenvalue weighted by atomic mass is 10.2. The standard InChI is InChI=1S/C18H16FN3O2S/c1-22-17(24)15(25-18(22)21-13-5-3-2-4-6-13)11-16(23)20-14-9-7-12(19)8-10-14/h2-10,15H,11H2,1H3,(H,20,23)/t15-/m1/s1. The molecule has 0 aromatic heterocycles. The van der Waals surface area contributed by atoms with Crippen LogP contribution in [0.25, 0.3) is 0 Å². The molecule has 2 aromatic rings. The molecular formula is C18H16FN3O2S. The van der Waals surface area contributed by atoms with Gasteiger partial charge < -0.3 is 5.32 Å². The van der Waals surface area contributed by atoms with Gasteiger partial charge in [-0.05, 0) is 36.4 Å². The number of nitrogens with one attached hydrogen (secondary N) is 1. The predicted octanol–water partition coefficient (Wildman–Crippen LogP) is 3.42. The van der Waals surface area contributed by atoms with Crippen LogP contribution in [0.4, 0.5) is 15.8 Å². The first-order valence-corrected chi connectivity index (χ1v) is 8.54. The smallest absolute Gasteiger partial charge is 0.242 e. The number of carbonyl (C=O) groups is 2. The van der Waals surface area contributed by atoms with Gasteiger partial charge in [0.05, 0.1) is 5.69 Å². The summed E-state index contributed by atoms with van der Waals surface area (Å²) in [6.07, 6.45) is 0.0268. The summed E-state index contributed by atoms with van der Waals surface area (Å²) in [5.74, 6) is -0.830. The van der Waals surface area contributed by atoms with Crippen LogP contribution in [0.15, 0.2) is 59.6 Å². The molecular weight excluding hydrogens is 341 g/mol. The maximum absolute atomic E-state index is 12.9. The highest BCUT2D eigenvalue weighted by molar-refractivity contribution is 8.15. The lowest BCUT2D eigenvalue weighted by Crippen LogP contribution is -2.30. The Kier molecular flexibility index (Phi) is 5.14. The lowest BCUT2D eigenvalue weighted by Gasteiger charge is -2.09. The van der Waals surface area contributed by atoms with E-state index in [1.165, 1.54) is 40.9 Å². The van der Waals surface area contributed by atoms with Gasteiger partial charge in [-0.15, -0.1) is 0 Å². The van der Waals surface area contributed by atoms with Crippen LogP contribution in [0.5, 0.6) is 0 Å². The maximum Gasteiger partial charge on any atom is 0.242 e. The molecule has 2 amide bonds. The van der Waals surface area contributed by atoms with Gasteiger partial charge in [-0.1, -0.05) is 30.0 Å². The van der Waals surface area contributed by atoms with Crippen LogP contribution in [0, 0.1) is 5.82 Å². The van der Waals surface area contributed by atoms with E-state index in [1.807, 2.05) is 30.3 Å². The van der Waals surface area contributed by atoms with Gasteiger partial charge in [0.1, 0.15) is 11.1 Å². The molecule has 3 rings (SSSR count). The minimum atomic E-state index is -0.520. The summed E-state index contributed by atoms with van der Waals surface area (Å²) in [6.45, 7) is 0. The molecule has 1 fully saturated rings. The molecule has 1 aliphatic heterocycles. The molecule has 1 heterocycles. The second-order valence-electron chi connectivity index (χ2n) is 5.49. The summed E-state index contributed by atoms with van der Waals surface area (Å²) in [5.41, 5.74) is 1.24. The third kappa shape index (κ3) is 4.24. The molecule has 0 aliphatic carbocycles. The van der Waals surface area contributed by atoms with Crippen molar-refractivity contribution in [1.82, 2.24) is 4.90 Å². The van der Waals surface area contributed by atoms with Crippen molar-refractivity contribution in [2.75, 3.05) is 12.4 Å². The van der Waals surface area contributed by atoms with E-state index in [1.54, 1.807) is 7.05 Å². The van der Waals surface area contributed by atoms with Crippen LogP contribution in [0.2, 0.25) is 0 Å². The van der Waals surface area contributed by atoms with Crippen molar-refractivity contribution in [3.63, 3.8) is 0 Å². The molecule has 0 radical (unpaired) electrons. The van der Waals surface area contributed by atoms with Crippen LogP contribution in [0.3, 0.4) is 0 Å². The Labute approximate surface area is 148 Å². The van der Waals surface area contributed by atoms with E-state index >= 15 is 0 Å². The zero-order valence-electron chi connectivity index (χ0n) is 13.5. The number of amides is 2. The Bertz CT molecular complexity index is 809. The van der Waals surface area contributed by atoms with Crippen LogP contribution < -0.4 is 5.32 Å². The number of thioether (sulfide) groups is 1. The van der Waals surface area contributed by atoms with Crippen LogP contribution >= 0.6 is 11.8 Å². The van der Waals surface area contributed by atoms with Crippen molar-refractivity contribution in [3.05, 3.63) is 60.4 Å². The van der Waals surface area contributed by atoms with Crippen molar-refractivity contribution in [1.29, 1.82) is 0 Å². The number of nitrogens with zero attached hydrogens (tertiary/aromatic N) is 2. The number of anilines is 1. The molecule has 7 heteroatoms. The second-order valence-corrected chi connectivity index (χ2v) is 6.66. The fourth-order valence-corrected chi connectivity index (χ4v) is 3.48. The van der Waals surface area contributed by atoms with E-state index in [4.69, 9.17) is 0 Å². The second kappa shape index (κ2) is 7.48. The molecule has 2 aromatic carbocycles. The lowest BCUT2D eigenvalue weighted by molar-refractivity contribution is -0.127. The van der Waals surface area contributed by atoms with E-state index in [0.29, 0.717) is 10.9 Å². The molecule has 0 spiro atoms. The predicted molar refractivity (Wildman–Crippen MR) is 97.3 cm³/mol. The van der Waals surface area contributed by atoms with Crippen molar-refractivity contribution < 1.29 is 14.0 Å². The van der Waals surface area contributed by atoms with Crippen molar-refractivity contribution in [2.24, 2.45) is 4.99 Å². The van der Waals surface area contributed by atoms with Gasteiger partial charge in [0.15, 0.2) is 5.17 Å². The highest BCUT2D eigenvalue weighted by Crippen LogP contribution is 2.30. The van der Waals surface area contributed by atoms with Crippen LogP contribution in [-0.4, -0.2) is 34.2 Å². The molecule has 1 aliphatic rings. The van der Waals surface area contributed by atoms with Crippen molar-refractivity contribution in [2.45, 2.75) is 11.7 Å². The first kappa shape index (κ1) is 17.2. The van der Waals surface area contributed by atoms with Crippen molar-refractivity contribution >= 4 is 40.1 Å². The summed E-state index contributed by atoms with van der Waals surface area (Å²) in [4.78, 5) is 30.4. The van der Waals surface area contributed by atoms with Gasteiger partial charge in [0.2, 0.25) is 11.8 Å². The summed E-state index contributed by atoms with van der Waals surface area (Å²) in [5, 5.41) is 2.71. The van der Waals surface area contributed by atoms with Gasteiger partial charge in [-0.25, -0.2) is 9.38 Å². The number of hydrogen-bond acceptors (Lipinski definition) is 4. The number of aliphatic imine (C=N–C) groups is 1. The van der Waals surface area contributed by atoms with E-state index in [9.17, 15) is 14.0 Å². The first-order chi connectivity index (χ1) is 12.0. The number of benzene rings is 2. The summed E-state index contributed by atoms with van der Waals surface area (Å²) >= 11 is 1.27. The molecule has 1 atom stereocenters. The molecule has 0 saturated carbocycles. The molecule has 128 valence electrons. The zero-order chi connectivity index (χ0) is 17.8. The average Bonchev–Trinajstić information content (AvgIpc) is 2.86. The minimum Gasteiger partial charge on any atom is -0.326 e. The fourth-order valence-electron chi connectivity index (χ4n) is 2.32. The molecule has 0 unspecified atom stereocenters. The van der Waals surface area contributed by atoms with E-state index in [-0.39, 0.29) is 24.1 Å². The van der Waals surface area contributed by atoms with E-state index < -0.39 is 5.25 Å². The minimum absolute atomic E-state index is 0.0268.